The molecule has 1 aromatic rings. The molecule has 0 heterocycles. The Bertz CT molecular complexity index is 283. The Kier molecular flexibility index (Phi) is 2.83. The highest BCUT2D eigenvalue weighted by Gasteiger charge is 2.18. The molecule has 13 heavy (non-hydrogen) atoms. The largest absolute Gasteiger partial charge is 0.390 e. The van der Waals surface area contributed by atoms with Crippen molar-refractivity contribution < 1.29 is 9.90 Å². The predicted molar refractivity (Wildman–Crippen MR) is 51.7 cm³/mol. The molecule has 0 atom stereocenters. The van der Waals surface area contributed by atoms with E-state index in [1.165, 1.54) is 0 Å². The van der Waals surface area contributed by atoms with Crippen molar-refractivity contribution in [3.8, 4) is 0 Å². The third-order valence-electron chi connectivity index (χ3n) is 1.69. The van der Waals surface area contributed by atoms with Crippen molar-refractivity contribution >= 4 is 5.78 Å². The Morgan fingerprint density at radius 3 is 2.31 bits per heavy atom. The SMILES string of the molecule is CC(C)(O)CC(=O)c1ccccc1. The summed E-state index contributed by atoms with van der Waals surface area (Å²) >= 11 is 0. The molecule has 0 bridgehead atoms. The number of carbonyl (C=O) groups is 1. The molecule has 0 saturated carbocycles. The van der Waals surface area contributed by atoms with Gasteiger partial charge >= 0.3 is 0 Å². The van der Waals surface area contributed by atoms with Gasteiger partial charge in [-0.05, 0) is 13.8 Å². The Morgan fingerprint density at radius 1 is 1.31 bits per heavy atom. The number of benzene rings is 1. The van der Waals surface area contributed by atoms with Gasteiger partial charge in [-0.3, -0.25) is 4.79 Å². The molecular formula is C11H14O2. The van der Waals surface area contributed by atoms with Crippen molar-refractivity contribution in [2.75, 3.05) is 0 Å². The number of aliphatic hydroxyl groups is 1. The topological polar surface area (TPSA) is 37.3 Å². The van der Waals surface area contributed by atoms with Crippen LogP contribution in [0.5, 0.6) is 0 Å². The molecule has 0 radical (unpaired) electrons. The van der Waals surface area contributed by atoms with Crippen LogP contribution in [0.3, 0.4) is 0 Å². The van der Waals surface area contributed by atoms with E-state index >= 15 is 0 Å². The maximum absolute atomic E-state index is 11.5. The average molecular weight is 178 g/mol. The molecular weight excluding hydrogens is 164 g/mol. The van der Waals surface area contributed by atoms with Crippen LogP contribution in [0.1, 0.15) is 30.6 Å². The van der Waals surface area contributed by atoms with Crippen molar-refractivity contribution in [3.63, 3.8) is 0 Å². The van der Waals surface area contributed by atoms with Crippen LogP contribution in [0.4, 0.5) is 0 Å². The first-order valence-corrected chi connectivity index (χ1v) is 4.30. The zero-order chi connectivity index (χ0) is 9.90. The Hall–Kier alpha value is -1.15. The fourth-order valence-electron chi connectivity index (χ4n) is 1.12. The van der Waals surface area contributed by atoms with Crippen molar-refractivity contribution in [1.82, 2.24) is 0 Å². The van der Waals surface area contributed by atoms with Crippen molar-refractivity contribution in [2.24, 2.45) is 0 Å². The van der Waals surface area contributed by atoms with Crippen molar-refractivity contribution in [1.29, 1.82) is 0 Å². The lowest BCUT2D eigenvalue weighted by molar-refractivity contribution is 0.0587. The quantitative estimate of drug-likeness (QED) is 0.719. The molecule has 0 saturated heterocycles. The molecule has 0 amide bonds. The molecule has 1 rings (SSSR count). The summed E-state index contributed by atoms with van der Waals surface area (Å²) in [6.07, 6.45) is 0.164. The van der Waals surface area contributed by atoms with E-state index in [4.69, 9.17) is 0 Å². The zero-order valence-electron chi connectivity index (χ0n) is 7.95. The van der Waals surface area contributed by atoms with Crippen LogP contribution in [0.2, 0.25) is 0 Å². The van der Waals surface area contributed by atoms with E-state index in [2.05, 4.69) is 0 Å². The number of ketones is 1. The zero-order valence-corrected chi connectivity index (χ0v) is 7.95. The Balaban J connectivity index is 2.71. The molecule has 70 valence electrons. The van der Waals surface area contributed by atoms with Crippen LogP contribution in [-0.4, -0.2) is 16.5 Å². The lowest BCUT2D eigenvalue weighted by Crippen LogP contribution is -2.23. The van der Waals surface area contributed by atoms with Crippen molar-refractivity contribution in [3.05, 3.63) is 35.9 Å². The number of carbonyl (C=O) groups excluding carboxylic acids is 1. The summed E-state index contributed by atoms with van der Waals surface area (Å²) in [7, 11) is 0. The first kappa shape index (κ1) is 9.93. The smallest absolute Gasteiger partial charge is 0.165 e. The Morgan fingerprint density at radius 2 is 1.85 bits per heavy atom. The molecule has 0 aliphatic rings. The van der Waals surface area contributed by atoms with Crippen LogP contribution in [0.25, 0.3) is 0 Å². The maximum Gasteiger partial charge on any atom is 0.165 e. The van der Waals surface area contributed by atoms with Gasteiger partial charge in [-0.2, -0.15) is 0 Å². The molecule has 0 unspecified atom stereocenters. The number of hydrogen-bond donors (Lipinski definition) is 1. The summed E-state index contributed by atoms with van der Waals surface area (Å²) in [6.45, 7) is 3.27. The van der Waals surface area contributed by atoms with E-state index in [0.717, 1.165) is 0 Å². The summed E-state index contributed by atoms with van der Waals surface area (Å²) < 4.78 is 0. The van der Waals surface area contributed by atoms with E-state index in [1.807, 2.05) is 18.2 Å². The first-order valence-electron chi connectivity index (χ1n) is 4.30. The summed E-state index contributed by atoms with van der Waals surface area (Å²) in [5.41, 5.74) is -0.267. The van der Waals surface area contributed by atoms with Gasteiger partial charge < -0.3 is 5.11 Å². The molecule has 0 spiro atoms. The number of rotatable bonds is 3. The minimum absolute atomic E-state index is 0.0203. The Labute approximate surface area is 78.2 Å². The molecule has 2 nitrogen and oxygen atoms in total. The van der Waals surface area contributed by atoms with Crippen molar-refractivity contribution in [2.45, 2.75) is 25.9 Å². The third kappa shape index (κ3) is 3.38. The van der Waals surface area contributed by atoms with E-state index < -0.39 is 5.60 Å². The fourth-order valence-corrected chi connectivity index (χ4v) is 1.12. The van der Waals surface area contributed by atoms with Gasteiger partial charge in [0.15, 0.2) is 5.78 Å². The predicted octanol–water partition coefficient (Wildman–Crippen LogP) is 2.03. The van der Waals surface area contributed by atoms with E-state index in [9.17, 15) is 9.90 Å². The van der Waals surface area contributed by atoms with Gasteiger partial charge in [-0.1, -0.05) is 30.3 Å². The molecule has 1 N–H and O–H groups in total. The molecule has 0 aliphatic carbocycles. The first-order chi connectivity index (χ1) is 5.99. The normalized spacial score (nSPS) is 11.3. The van der Waals surface area contributed by atoms with Gasteiger partial charge in [-0.25, -0.2) is 0 Å². The lowest BCUT2D eigenvalue weighted by atomic mass is 9.98. The summed E-state index contributed by atoms with van der Waals surface area (Å²) in [5, 5.41) is 9.43. The van der Waals surface area contributed by atoms with Crippen LogP contribution >= 0.6 is 0 Å². The number of Topliss-reactive ketones (excluding diaryl/α,β-unsaturated/α-hetero) is 1. The second-order valence-corrected chi connectivity index (χ2v) is 3.78. The molecule has 1 aromatic carbocycles. The van der Waals surface area contributed by atoms with E-state index in [0.29, 0.717) is 5.56 Å². The monoisotopic (exact) mass is 178 g/mol. The molecule has 0 fully saturated rings. The summed E-state index contributed by atoms with van der Waals surface area (Å²) in [5.74, 6) is -0.0203. The van der Waals surface area contributed by atoms with Crippen LogP contribution in [0, 0.1) is 0 Å². The van der Waals surface area contributed by atoms with Crippen LogP contribution in [-0.2, 0) is 0 Å². The fraction of sp³-hybridized carbons (Fsp3) is 0.364. The maximum atomic E-state index is 11.5. The third-order valence-corrected chi connectivity index (χ3v) is 1.69. The molecule has 0 aromatic heterocycles. The van der Waals surface area contributed by atoms with Gasteiger partial charge in [-0.15, -0.1) is 0 Å². The lowest BCUT2D eigenvalue weighted by Gasteiger charge is -2.15. The van der Waals surface area contributed by atoms with Gasteiger partial charge in [0.25, 0.3) is 0 Å². The summed E-state index contributed by atoms with van der Waals surface area (Å²) in [4.78, 5) is 11.5. The standard InChI is InChI=1S/C11H14O2/c1-11(2,13)8-10(12)9-6-4-3-5-7-9/h3-7,13H,8H2,1-2H3. The second-order valence-electron chi connectivity index (χ2n) is 3.78. The van der Waals surface area contributed by atoms with E-state index in [1.54, 1.807) is 26.0 Å². The summed E-state index contributed by atoms with van der Waals surface area (Å²) in [6, 6.07) is 9.01. The average Bonchev–Trinajstić information content (AvgIpc) is 2.03. The minimum Gasteiger partial charge on any atom is -0.390 e. The highest BCUT2D eigenvalue weighted by atomic mass is 16.3. The van der Waals surface area contributed by atoms with Gasteiger partial charge in [0.1, 0.15) is 0 Å². The van der Waals surface area contributed by atoms with Crippen LogP contribution < -0.4 is 0 Å². The molecule has 2 heteroatoms. The van der Waals surface area contributed by atoms with Gasteiger partial charge in [0.05, 0.1) is 5.60 Å². The van der Waals surface area contributed by atoms with Crippen LogP contribution in [0.15, 0.2) is 30.3 Å². The van der Waals surface area contributed by atoms with Gasteiger partial charge in [0.2, 0.25) is 0 Å². The highest BCUT2D eigenvalue weighted by molar-refractivity contribution is 5.96. The number of hydrogen-bond acceptors (Lipinski definition) is 2. The molecule has 0 aliphatic heterocycles. The van der Waals surface area contributed by atoms with E-state index in [-0.39, 0.29) is 12.2 Å². The highest BCUT2D eigenvalue weighted by Crippen LogP contribution is 2.12. The minimum atomic E-state index is -0.924. The van der Waals surface area contributed by atoms with Gasteiger partial charge in [0, 0.05) is 12.0 Å². The second kappa shape index (κ2) is 3.71.